The fraction of sp³-hybridized carbons (Fsp3) is 0.192. The van der Waals surface area contributed by atoms with Crippen LogP contribution in [0.1, 0.15) is 22.3 Å². The molecule has 0 fully saturated rings. The molecule has 4 rings (SSSR count). The minimum Gasteiger partial charge on any atom is -0.497 e. The van der Waals surface area contributed by atoms with Crippen LogP contribution >= 0.6 is 0 Å². The van der Waals surface area contributed by atoms with Gasteiger partial charge in [0, 0.05) is 16.5 Å². The lowest BCUT2D eigenvalue weighted by atomic mass is 10.1. The summed E-state index contributed by atoms with van der Waals surface area (Å²) in [4.78, 5) is 15.9. The van der Waals surface area contributed by atoms with Gasteiger partial charge in [-0.2, -0.15) is 0 Å². The zero-order valence-corrected chi connectivity index (χ0v) is 19.9. The van der Waals surface area contributed by atoms with Crippen molar-refractivity contribution in [3.05, 3.63) is 99.3 Å². The van der Waals surface area contributed by atoms with Crippen LogP contribution in [-0.4, -0.2) is 20.5 Å². The van der Waals surface area contributed by atoms with E-state index in [1.54, 1.807) is 55.6 Å². The Bertz CT molecular complexity index is 1490. The van der Waals surface area contributed by atoms with Crippen LogP contribution in [0.25, 0.3) is 10.9 Å². The summed E-state index contributed by atoms with van der Waals surface area (Å²) in [5, 5.41) is 0.761. The average Bonchev–Trinajstić information content (AvgIpc) is 2.79. The highest BCUT2D eigenvalue weighted by Crippen LogP contribution is 2.28. The molecule has 0 saturated carbocycles. The van der Waals surface area contributed by atoms with Crippen LogP contribution in [0.3, 0.4) is 0 Å². The fourth-order valence-corrected chi connectivity index (χ4v) is 5.10. The summed E-state index contributed by atoms with van der Waals surface area (Å²) in [6, 6.07) is 19.3. The number of fused-ring (bicyclic) bond motifs is 1. The van der Waals surface area contributed by atoms with E-state index in [2.05, 4.69) is 4.98 Å². The number of benzene rings is 3. The summed E-state index contributed by atoms with van der Waals surface area (Å²) in [6.07, 6.45) is 0. The fourth-order valence-electron chi connectivity index (χ4n) is 3.66. The van der Waals surface area contributed by atoms with Crippen molar-refractivity contribution in [2.24, 2.45) is 0 Å². The van der Waals surface area contributed by atoms with Crippen molar-refractivity contribution >= 4 is 26.6 Å². The van der Waals surface area contributed by atoms with E-state index in [9.17, 15) is 13.2 Å². The SMILES string of the molecule is COc1ccc2[nH]c(=O)c(CN(c3ccc(C)c(C)c3)S(=O)(=O)c3ccc(C)cc3)cc2c1. The molecule has 0 saturated heterocycles. The van der Waals surface area contributed by atoms with Gasteiger partial charge in [-0.1, -0.05) is 23.8 Å². The molecule has 6 nitrogen and oxygen atoms in total. The van der Waals surface area contributed by atoms with E-state index < -0.39 is 10.0 Å². The second kappa shape index (κ2) is 8.75. The summed E-state index contributed by atoms with van der Waals surface area (Å²) in [5.41, 5.74) is 4.15. The first-order valence-corrected chi connectivity index (χ1v) is 12.0. The number of aromatic amines is 1. The number of hydrogen-bond donors (Lipinski definition) is 1. The van der Waals surface area contributed by atoms with Crippen molar-refractivity contribution in [2.75, 3.05) is 11.4 Å². The number of nitrogens with zero attached hydrogens (tertiary/aromatic N) is 1. The van der Waals surface area contributed by atoms with Crippen LogP contribution in [0, 0.1) is 20.8 Å². The van der Waals surface area contributed by atoms with Crippen molar-refractivity contribution in [1.29, 1.82) is 0 Å². The Labute approximate surface area is 193 Å². The quantitative estimate of drug-likeness (QED) is 0.444. The molecule has 0 aliphatic rings. The first-order valence-electron chi connectivity index (χ1n) is 10.6. The molecule has 0 spiro atoms. The monoisotopic (exact) mass is 462 g/mol. The molecular weight excluding hydrogens is 436 g/mol. The molecule has 0 aliphatic carbocycles. The van der Waals surface area contributed by atoms with Gasteiger partial charge in [0.05, 0.1) is 24.2 Å². The smallest absolute Gasteiger partial charge is 0.264 e. The zero-order chi connectivity index (χ0) is 23.8. The van der Waals surface area contributed by atoms with Crippen molar-refractivity contribution in [3.8, 4) is 5.75 Å². The van der Waals surface area contributed by atoms with E-state index in [0.717, 1.165) is 22.1 Å². The summed E-state index contributed by atoms with van der Waals surface area (Å²) >= 11 is 0. The second-order valence-electron chi connectivity index (χ2n) is 8.17. The standard InChI is InChI=1S/C26H26N2O4S/c1-17-5-10-24(11-6-17)33(30,31)28(22-8-7-18(2)19(3)13-22)16-21-14-20-15-23(32-4)9-12-25(20)27-26(21)29/h5-15H,16H2,1-4H3,(H,27,29). The Morgan fingerprint density at radius 2 is 1.61 bits per heavy atom. The van der Waals surface area contributed by atoms with Crippen LogP contribution < -0.4 is 14.6 Å². The minimum atomic E-state index is -3.93. The maximum atomic E-state index is 13.7. The largest absolute Gasteiger partial charge is 0.497 e. The Balaban J connectivity index is 1.86. The molecule has 1 aromatic heterocycles. The number of aromatic nitrogens is 1. The van der Waals surface area contributed by atoms with Crippen molar-refractivity contribution in [2.45, 2.75) is 32.2 Å². The van der Waals surface area contributed by atoms with Gasteiger partial charge in [-0.05, 0) is 80.4 Å². The number of aryl methyl sites for hydroxylation is 3. The lowest BCUT2D eigenvalue weighted by Gasteiger charge is -2.25. The Hall–Kier alpha value is -3.58. The van der Waals surface area contributed by atoms with Crippen LogP contribution in [0.2, 0.25) is 0 Å². The van der Waals surface area contributed by atoms with Gasteiger partial charge < -0.3 is 9.72 Å². The highest BCUT2D eigenvalue weighted by Gasteiger charge is 2.26. The van der Waals surface area contributed by atoms with Crippen molar-refractivity contribution < 1.29 is 13.2 Å². The van der Waals surface area contributed by atoms with Gasteiger partial charge in [0.15, 0.2) is 0 Å². The zero-order valence-electron chi connectivity index (χ0n) is 19.0. The topological polar surface area (TPSA) is 79.5 Å². The third kappa shape index (κ3) is 4.50. The predicted octanol–water partition coefficient (Wildman–Crippen LogP) is 4.86. The van der Waals surface area contributed by atoms with Crippen molar-refractivity contribution in [1.82, 2.24) is 4.98 Å². The van der Waals surface area contributed by atoms with Gasteiger partial charge in [0.25, 0.3) is 15.6 Å². The van der Waals surface area contributed by atoms with E-state index in [0.29, 0.717) is 22.5 Å². The molecule has 7 heteroatoms. The lowest BCUT2D eigenvalue weighted by Crippen LogP contribution is -2.33. The Kier molecular flexibility index (Phi) is 5.99. The van der Waals surface area contributed by atoms with Crippen LogP contribution in [0.4, 0.5) is 5.69 Å². The highest BCUT2D eigenvalue weighted by atomic mass is 32.2. The molecule has 0 atom stereocenters. The molecule has 0 bridgehead atoms. The van der Waals surface area contributed by atoms with Gasteiger partial charge in [-0.25, -0.2) is 8.42 Å². The normalized spacial score (nSPS) is 11.5. The Morgan fingerprint density at radius 3 is 2.27 bits per heavy atom. The molecule has 3 aromatic carbocycles. The molecule has 0 amide bonds. The molecule has 4 aromatic rings. The lowest BCUT2D eigenvalue weighted by molar-refractivity contribution is 0.415. The van der Waals surface area contributed by atoms with Crippen molar-refractivity contribution in [3.63, 3.8) is 0 Å². The van der Waals surface area contributed by atoms with E-state index in [1.165, 1.54) is 4.31 Å². The maximum Gasteiger partial charge on any atom is 0.264 e. The van der Waals surface area contributed by atoms with E-state index in [-0.39, 0.29) is 17.0 Å². The molecule has 0 radical (unpaired) electrons. The highest BCUT2D eigenvalue weighted by molar-refractivity contribution is 7.92. The number of sulfonamides is 1. The molecule has 1 heterocycles. The summed E-state index contributed by atoms with van der Waals surface area (Å²) in [5.74, 6) is 0.652. The number of hydrogen-bond acceptors (Lipinski definition) is 4. The van der Waals surface area contributed by atoms with Gasteiger partial charge in [-0.15, -0.1) is 0 Å². The van der Waals surface area contributed by atoms with Gasteiger partial charge in [0.2, 0.25) is 0 Å². The molecule has 0 unspecified atom stereocenters. The second-order valence-corrected chi connectivity index (χ2v) is 10.0. The third-order valence-electron chi connectivity index (χ3n) is 5.83. The number of H-pyrrole nitrogens is 1. The number of pyridine rings is 1. The third-order valence-corrected chi connectivity index (χ3v) is 7.62. The molecular formula is C26H26N2O4S. The van der Waals surface area contributed by atoms with Gasteiger partial charge >= 0.3 is 0 Å². The molecule has 33 heavy (non-hydrogen) atoms. The van der Waals surface area contributed by atoms with E-state index in [4.69, 9.17) is 4.74 Å². The first kappa shape index (κ1) is 22.6. The molecule has 1 N–H and O–H groups in total. The number of anilines is 1. The van der Waals surface area contributed by atoms with Gasteiger partial charge in [-0.3, -0.25) is 9.10 Å². The predicted molar refractivity (Wildman–Crippen MR) is 132 cm³/mol. The van der Waals surface area contributed by atoms with E-state index in [1.807, 2.05) is 39.0 Å². The van der Waals surface area contributed by atoms with E-state index >= 15 is 0 Å². The first-order chi connectivity index (χ1) is 15.7. The minimum absolute atomic E-state index is 0.110. The number of rotatable bonds is 6. The maximum absolute atomic E-state index is 13.7. The van der Waals surface area contributed by atoms with Crippen LogP contribution in [-0.2, 0) is 16.6 Å². The molecule has 0 aliphatic heterocycles. The average molecular weight is 463 g/mol. The number of nitrogens with one attached hydrogen (secondary N) is 1. The number of methoxy groups -OCH3 is 1. The molecule has 170 valence electrons. The number of ether oxygens (including phenoxy) is 1. The summed E-state index contributed by atoms with van der Waals surface area (Å²) in [6.45, 7) is 5.70. The summed E-state index contributed by atoms with van der Waals surface area (Å²) in [7, 11) is -2.35. The van der Waals surface area contributed by atoms with Gasteiger partial charge in [0.1, 0.15) is 5.75 Å². The Morgan fingerprint density at radius 1 is 0.879 bits per heavy atom. The van der Waals surface area contributed by atoms with Crippen LogP contribution in [0.5, 0.6) is 5.75 Å². The summed E-state index contributed by atoms with van der Waals surface area (Å²) < 4.78 is 34.0. The van der Waals surface area contributed by atoms with Crippen LogP contribution in [0.15, 0.2) is 76.4 Å².